The molecule has 0 atom stereocenters. The molecule has 0 saturated heterocycles. The highest BCUT2D eigenvalue weighted by molar-refractivity contribution is 6.33. The van der Waals surface area contributed by atoms with Crippen LogP contribution in [0.3, 0.4) is 0 Å². The van der Waals surface area contributed by atoms with Gasteiger partial charge in [0.1, 0.15) is 5.71 Å². The number of aryl methyl sites for hydroxylation is 1. The van der Waals surface area contributed by atoms with Crippen LogP contribution in [0.1, 0.15) is 59.8 Å². The van der Waals surface area contributed by atoms with E-state index in [-0.39, 0.29) is 5.91 Å². The van der Waals surface area contributed by atoms with Crippen molar-refractivity contribution in [3.05, 3.63) is 82.2 Å². The molecule has 0 bridgehead atoms. The van der Waals surface area contributed by atoms with Crippen LogP contribution in [-0.4, -0.2) is 38.3 Å². The second kappa shape index (κ2) is 10.3. The standard InChI is InChI=1S/C25H29N7O/c1-16(2)23-20(5-4-9-27-14-18-6-10-26-11-7-18)17(3)30-22(23)13-21-24(31-32-25(21)33)19-8-12-28-29-15-19/h6-8,10-13,15-16,27,30H,4-5,9,14H2,1-3H3,(H,32,33). The number of hydrogen-bond acceptors (Lipinski definition) is 6. The van der Waals surface area contributed by atoms with E-state index in [9.17, 15) is 4.79 Å². The second-order valence-electron chi connectivity index (χ2n) is 8.44. The van der Waals surface area contributed by atoms with E-state index in [1.54, 1.807) is 18.5 Å². The summed E-state index contributed by atoms with van der Waals surface area (Å²) in [5.74, 6) is 0.0969. The molecule has 0 saturated carbocycles. The molecule has 33 heavy (non-hydrogen) atoms. The van der Waals surface area contributed by atoms with Gasteiger partial charge in [-0.25, -0.2) is 5.43 Å². The van der Waals surface area contributed by atoms with Crippen LogP contribution >= 0.6 is 0 Å². The Bertz CT molecular complexity index is 1160. The molecular weight excluding hydrogens is 414 g/mol. The van der Waals surface area contributed by atoms with Crippen molar-refractivity contribution in [3.63, 3.8) is 0 Å². The molecular formula is C25H29N7O. The Morgan fingerprint density at radius 3 is 2.67 bits per heavy atom. The van der Waals surface area contributed by atoms with Crippen molar-refractivity contribution in [2.24, 2.45) is 5.10 Å². The number of nitrogens with zero attached hydrogens (tertiary/aromatic N) is 4. The summed E-state index contributed by atoms with van der Waals surface area (Å²) in [6, 6.07) is 5.85. The van der Waals surface area contributed by atoms with Gasteiger partial charge in [-0.1, -0.05) is 13.8 Å². The largest absolute Gasteiger partial charge is 0.359 e. The summed E-state index contributed by atoms with van der Waals surface area (Å²) in [6.45, 7) is 8.24. The van der Waals surface area contributed by atoms with Crippen molar-refractivity contribution in [1.29, 1.82) is 0 Å². The minimum Gasteiger partial charge on any atom is -0.359 e. The molecule has 1 aliphatic rings. The maximum atomic E-state index is 12.5. The Labute approximate surface area is 193 Å². The van der Waals surface area contributed by atoms with Crippen LogP contribution in [0, 0.1) is 6.92 Å². The lowest BCUT2D eigenvalue weighted by molar-refractivity contribution is -0.116. The van der Waals surface area contributed by atoms with E-state index in [4.69, 9.17) is 0 Å². The van der Waals surface area contributed by atoms with E-state index >= 15 is 0 Å². The van der Waals surface area contributed by atoms with Crippen molar-refractivity contribution in [1.82, 2.24) is 30.9 Å². The highest BCUT2D eigenvalue weighted by Crippen LogP contribution is 2.30. The van der Waals surface area contributed by atoms with Crippen molar-refractivity contribution in [3.8, 4) is 0 Å². The van der Waals surface area contributed by atoms with Gasteiger partial charge in [-0.2, -0.15) is 15.3 Å². The summed E-state index contributed by atoms with van der Waals surface area (Å²) in [7, 11) is 0. The molecule has 170 valence electrons. The van der Waals surface area contributed by atoms with Crippen LogP contribution in [0.5, 0.6) is 0 Å². The minimum atomic E-state index is -0.217. The lowest BCUT2D eigenvalue weighted by atomic mass is 9.93. The predicted molar refractivity (Wildman–Crippen MR) is 129 cm³/mol. The van der Waals surface area contributed by atoms with Gasteiger partial charge in [0.25, 0.3) is 5.91 Å². The fourth-order valence-electron chi connectivity index (χ4n) is 4.19. The van der Waals surface area contributed by atoms with Crippen LogP contribution < -0.4 is 10.7 Å². The third-order valence-corrected chi connectivity index (χ3v) is 5.74. The van der Waals surface area contributed by atoms with Crippen LogP contribution in [0.2, 0.25) is 0 Å². The molecule has 0 spiro atoms. The summed E-state index contributed by atoms with van der Waals surface area (Å²) in [5.41, 5.74) is 10.3. The summed E-state index contributed by atoms with van der Waals surface area (Å²) in [6.07, 6.45) is 10.7. The fraction of sp³-hybridized carbons (Fsp3) is 0.320. The maximum Gasteiger partial charge on any atom is 0.273 e. The number of pyridine rings is 1. The smallest absolute Gasteiger partial charge is 0.273 e. The zero-order valence-electron chi connectivity index (χ0n) is 19.2. The normalized spacial score (nSPS) is 14.7. The average Bonchev–Trinajstić information content (AvgIpc) is 3.34. The van der Waals surface area contributed by atoms with E-state index in [1.807, 2.05) is 30.6 Å². The van der Waals surface area contributed by atoms with E-state index in [0.717, 1.165) is 42.9 Å². The van der Waals surface area contributed by atoms with E-state index < -0.39 is 0 Å². The number of hydrazone groups is 1. The first-order chi connectivity index (χ1) is 16.0. The summed E-state index contributed by atoms with van der Waals surface area (Å²) in [4.78, 5) is 20.1. The Hall–Kier alpha value is -3.65. The van der Waals surface area contributed by atoms with E-state index in [2.05, 4.69) is 56.8 Å². The van der Waals surface area contributed by atoms with Crippen LogP contribution in [0.15, 0.2) is 53.7 Å². The molecule has 0 fully saturated rings. The van der Waals surface area contributed by atoms with Crippen molar-refractivity contribution < 1.29 is 4.79 Å². The molecule has 8 nitrogen and oxygen atoms in total. The van der Waals surface area contributed by atoms with Crippen LogP contribution in [0.25, 0.3) is 6.08 Å². The molecule has 0 aromatic carbocycles. The van der Waals surface area contributed by atoms with Crippen LogP contribution in [-0.2, 0) is 17.8 Å². The maximum absolute atomic E-state index is 12.5. The molecule has 3 N–H and O–H groups in total. The summed E-state index contributed by atoms with van der Waals surface area (Å²) in [5, 5.41) is 15.5. The molecule has 0 radical (unpaired) electrons. The summed E-state index contributed by atoms with van der Waals surface area (Å²) >= 11 is 0. The SMILES string of the molecule is Cc1[nH]c(C=C2C(=O)NN=C2c2ccnnc2)c(C(C)C)c1CCCNCc1ccncc1. The van der Waals surface area contributed by atoms with Gasteiger partial charge in [-0.3, -0.25) is 9.78 Å². The third kappa shape index (κ3) is 5.23. The molecule has 0 aliphatic carbocycles. The predicted octanol–water partition coefficient (Wildman–Crippen LogP) is 3.27. The molecule has 0 unspecified atom stereocenters. The number of H-pyrrole nitrogens is 1. The number of carbonyl (C=O) groups is 1. The molecule has 1 amide bonds. The van der Waals surface area contributed by atoms with Crippen molar-refractivity contribution in [2.75, 3.05) is 6.54 Å². The monoisotopic (exact) mass is 443 g/mol. The Morgan fingerprint density at radius 1 is 1.12 bits per heavy atom. The number of amides is 1. The van der Waals surface area contributed by atoms with E-state index in [1.165, 1.54) is 16.7 Å². The first kappa shape index (κ1) is 22.5. The molecule has 8 heteroatoms. The lowest BCUT2D eigenvalue weighted by Gasteiger charge is -2.11. The third-order valence-electron chi connectivity index (χ3n) is 5.74. The van der Waals surface area contributed by atoms with Gasteiger partial charge < -0.3 is 10.3 Å². The second-order valence-corrected chi connectivity index (χ2v) is 8.44. The van der Waals surface area contributed by atoms with Crippen molar-refractivity contribution in [2.45, 2.75) is 46.1 Å². The lowest BCUT2D eigenvalue weighted by Crippen LogP contribution is -2.15. The van der Waals surface area contributed by atoms with Gasteiger partial charge in [0, 0.05) is 35.9 Å². The molecule has 4 heterocycles. The number of rotatable bonds is 9. The molecule has 4 rings (SSSR count). The van der Waals surface area contributed by atoms with Gasteiger partial charge in [0.05, 0.1) is 18.0 Å². The quantitative estimate of drug-likeness (QED) is 0.347. The molecule has 3 aromatic rings. The topological polar surface area (TPSA) is 108 Å². The van der Waals surface area contributed by atoms with Crippen molar-refractivity contribution >= 4 is 17.7 Å². The number of aromatic amines is 1. The summed E-state index contributed by atoms with van der Waals surface area (Å²) < 4.78 is 0. The zero-order chi connectivity index (χ0) is 23.2. The highest BCUT2D eigenvalue weighted by atomic mass is 16.2. The van der Waals surface area contributed by atoms with Gasteiger partial charge in [-0.15, -0.1) is 0 Å². The average molecular weight is 444 g/mol. The zero-order valence-corrected chi connectivity index (χ0v) is 19.2. The molecule has 3 aromatic heterocycles. The Morgan fingerprint density at radius 2 is 1.94 bits per heavy atom. The minimum absolute atomic E-state index is 0.217. The number of nitrogens with one attached hydrogen (secondary N) is 3. The first-order valence-electron chi connectivity index (χ1n) is 11.2. The fourth-order valence-corrected chi connectivity index (χ4v) is 4.19. The Kier molecular flexibility index (Phi) is 7.04. The number of hydrogen-bond donors (Lipinski definition) is 3. The van der Waals surface area contributed by atoms with Gasteiger partial charge in [0.15, 0.2) is 0 Å². The van der Waals surface area contributed by atoms with Gasteiger partial charge in [-0.05, 0) is 73.2 Å². The first-order valence-corrected chi connectivity index (χ1v) is 11.2. The number of carbonyl (C=O) groups excluding carboxylic acids is 1. The van der Waals surface area contributed by atoms with Gasteiger partial charge >= 0.3 is 0 Å². The van der Waals surface area contributed by atoms with Gasteiger partial charge in [0.2, 0.25) is 0 Å². The van der Waals surface area contributed by atoms with E-state index in [0.29, 0.717) is 17.2 Å². The highest BCUT2D eigenvalue weighted by Gasteiger charge is 2.26. The van der Waals surface area contributed by atoms with Crippen LogP contribution in [0.4, 0.5) is 0 Å². The molecule has 1 aliphatic heterocycles. The Balaban J connectivity index is 1.50. The number of aromatic nitrogens is 4.